The topological polar surface area (TPSA) is 51.0 Å². The molecular weight excluding hydrogens is 224 g/mol. The number of fused-ring (bicyclic) bond motifs is 1. The minimum Gasteiger partial charge on any atom is -0.497 e. The summed E-state index contributed by atoms with van der Waals surface area (Å²) < 4.78 is 5.32. The van der Waals surface area contributed by atoms with Gasteiger partial charge in [0, 0.05) is 23.1 Å². The molecule has 2 atom stereocenters. The molecule has 0 saturated heterocycles. The third kappa shape index (κ3) is 1.99. The lowest BCUT2D eigenvalue weighted by Gasteiger charge is -2.26. The molecule has 1 heterocycles. The first kappa shape index (κ1) is 11.6. The van der Waals surface area contributed by atoms with E-state index in [1.165, 1.54) is 35.7 Å². The number of methoxy groups -OCH3 is 1. The van der Waals surface area contributed by atoms with Gasteiger partial charge in [-0.25, -0.2) is 0 Å². The number of hydrogen-bond acceptors (Lipinski definition) is 2. The van der Waals surface area contributed by atoms with Crippen molar-refractivity contribution in [3.63, 3.8) is 0 Å². The molecule has 1 fully saturated rings. The van der Waals surface area contributed by atoms with Gasteiger partial charge in [0.1, 0.15) is 5.75 Å². The zero-order valence-electron chi connectivity index (χ0n) is 10.8. The fourth-order valence-corrected chi connectivity index (χ4v) is 3.10. The maximum absolute atomic E-state index is 6.10. The number of rotatable bonds is 2. The summed E-state index contributed by atoms with van der Waals surface area (Å²) in [5.41, 5.74) is 8.68. The maximum Gasteiger partial charge on any atom is 0.119 e. The van der Waals surface area contributed by atoms with Crippen molar-refractivity contribution < 1.29 is 4.74 Å². The van der Waals surface area contributed by atoms with E-state index in [-0.39, 0.29) is 0 Å². The molecule has 3 nitrogen and oxygen atoms in total. The second kappa shape index (κ2) is 4.65. The molecule has 1 aliphatic rings. The second-order valence-electron chi connectivity index (χ2n) is 5.28. The van der Waals surface area contributed by atoms with E-state index in [0.717, 1.165) is 12.2 Å². The lowest BCUT2D eigenvalue weighted by atomic mass is 9.81. The minimum absolute atomic E-state index is 0.360. The third-order valence-electron chi connectivity index (χ3n) is 4.08. The van der Waals surface area contributed by atoms with Crippen molar-refractivity contribution in [3.05, 3.63) is 30.0 Å². The van der Waals surface area contributed by atoms with Crippen LogP contribution in [0.1, 0.15) is 37.2 Å². The summed E-state index contributed by atoms with van der Waals surface area (Å²) in [5, 5.41) is 1.29. The van der Waals surface area contributed by atoms with Crippen molar-refractivity contribution >= 4 is 10.9 Å². The molecule has 1 aliphatic carbocycles. The van der Waals surface area contributed by atoms with Crippen LogP contribution in [-0.2, 0) is 0 Å². The molecule has 0 unspecified atom stereocenters. The van der Waals surface area contributed by atoms with E-state index in [0.29, 0.717) is 12.0 Å². The number of H-pyrrole nitrogens is 1. The molecule has 0 radical (unpaired) electrons. The lowest BCUT2D eigenvalue weighted by Crippen LogP contribution is -2.26. The van der Waals surface area contributed by atoms with Crippen molar-refractivity contribution in [2.24, 2.45) is 5.73 Å². The van der Waals surface area contributed by atoms with Gasteiger partial charge in [-0.2, -0.15) is 0 Å². The van der Waals surface area contributed by atoms with Gasteiger partial charge in [0.15, 0.2) is 0 Å². The third-order valence-corrected chi connectivity index (χ3v) is 4.08. The molecule has 18 heavy (non-hydrogen) atoms. The largest absolute Gasteiger partial charge is 0.497 e. The van der Waals surface area contributed by atoms with Crippen LogP contribution in [0.25, 0.3) is 10.9 Å². The Hall–Kier alpha value is -1.48. The van der Waals surface area contributed by atoms with Crippen LogP contribution >= 0.6 is 0 Å². The van der Waals surface area contributed by atoms with Gasteiger partial charge in [0.05, 0.1) is 7.11 Å². The number of ether oxygens (including phenoxy) is 1. The quantitative estimate of drug-likeness (QED) is 0.852. The summed E-state index contributed by atoms with van der Waals surface area (Å²) in [4.78, 5) is 3.36. The van der Waals surface area contributed by atoms with Crippen LogP contribution in [0.15, 0.2) is 24.4 Å². The van der Waals surface area contributed by atoms with Gasteiger partial charge in [0.2, 0.25) is 0 Å². The summed E-state index contributed by atoms with van der Waals surface area (Å²) in [6.45, 7) is 0. The number of hydrogen-bond donors (Lipinski definition) is 2. The molecule has 1 aromatic carbocycles. The van der Waals surface area contributed by atoms with E-state index in [2.05, 4.69) is 23.3 Å². The predicted octanol–water partition coefficient (Wildman–Crippen LogP) is 3.16. The van der Waals surface area contributed by atoms with Gasteiger partial charge in [0.25, 0.3) is 0 Å². The highest BCUT2D eigenvalue weighted by molar-refractivity contribution is 5.85. The monoisotopic (exact) mass is 244 g/mol. The van der Waals surface area contributed by atoms with E-state index >= 15 is 0 Å². The molecule has 3 heteroatoms. The average Bonchev–Trinajstić information content (AvgIpc) is 2.81. The van der Waals surface area contributed by atoms with Gasteiger partial charge >= 0.3 is 0 Å². The summed E-state index contributed by atoms with van der Waals surface area (Å²) in [5.74, 6) is 1.51. The van der Waals surface area contributed by atoms with Crippen LogP contribution in [0, 0.1) is 0 Å². The summed E-state index contributed by atoms with van der Waals surface area (Å²) in [7, 11) is 1.71. The highest BCUT2D eigenvalue weighted by Crippen LogP contribution is 2.37. The standard InChI is InChI=1S/C15H20N2O/c1-18-12-5-6-15-13(8-12)14(9-17-15)10-3-2-4-11(16)7-10/h5-6,8-11,17H,2-4,7,16H2,1H3/t10-,11-/m0/s1. The Labute approximate surface area is 107 Å². The highest BCUT2D eigenvalue weighted by Gasteiger charge is 2.23. The van der Waals surface area contributed by atoms with Crippen LogP contribution < -0.4 is 10.5 Å². The molecule has 1 aromatic heterocycles. The first-order valence-corrected chi connectivity index (χ1v) is 6.68. The molecule has 3 N–H and O–H groups in total. The van der Waals surface area contributed by atoms with Gasteiger partial charge < -0.3 is 15.5 Å². The van der Waals surface area contributed by atoms with Crippen LogP contribution in [0.5, 0.6) is 5.75 Å². The smallest absolute Gasteiger partial charge is 0.119 e. The van der Waals surface area contributed by atoms with Crippen LogP contribution in [0.2, 0.25) is 0 Å². The second-order valence-corrected chi connectivity index (χ2v) is 5.28. The van der Waals surface area contributed by atoms with E-state index in [1.54, 1.807) is 7.11 Å². The molecule has 3 rings (SSSR count). The van der Waals surface area contributed by atoms with Crippen LogP contribution in [0.4, 0.5) is 0 Å². The Morgan fingerprint density at radius 1 is 1.33 bits per heavy atom. The van der Waals surface area contributed by atoms with E-state index in [1.807, 2.05) is 6.07 Å². The van der Waals surface area contributed by atoms with Crippen molar-refractivity contribution in [2.45, 2.75) is 37.6 Å². The Bertz CT molecular complexity index is 546. The van der Waals surface area contributed by atoms with E-state index < -0.39 is 0 Å². The van der Waals surface area contributed by atoms with Gasteiger partial charge in [-0.15, -0.1) is 0 Å². The first-order valence-electron chi connectivity index (χ1n) is 6.68. The average molecular weight is 244 g/mol. The predicted molar refractivity (Wildman–Crippen MR) is 74.0 cm³/mol. The first-order chi connectivity index (χ1) is 8.78. The molecule has 0 spiro atoms. The normalized spacial score (nSPS) is 24.3. The zero-order chi connectivity index (χ0) is 12.5. The number of nitrogens with two attached hydrogens (primary N) is 1. The zero-order valence-corrected chi connectivity index (χ0v) is 10.8. The van der Waals surface area contributed by atoms with Gasteiger partial charge in [-0.1, -0.05) is 6.42 Å². The molecular formula is C15H20N2O. The SMILES string of the molecule is COc1ccc2[nH]cc([C@H]3CCC[C@H](N)C3)c2c1. The summed E-state index contributed by atoms with van der Waals surface area (Å²) in [6.07, 6.45) is 6.90. The van der Waals surface area contributed by atoms with E-state index in [4.69, 9.17) is 10.5 Å². The number of nitrogens with one attached hydrogen (secondary N) is 1. The maximum atomic E-state index is 6.10. The van der Waals surface area contributed by atoms with Crippen molar-refractivity contribution in [1.29, 1.82) is 0 Å². The molecule has 96 valence electrons. The van der Waals surface area contributed by atoms with E-state index in [9.17, 15) is 0 Å². The summed E-state index contributed by atoms with van der Waals surface area (Å²) >= 11 is 0. The highest BCUT2D eigenvalue weighted by atomic mass is 16.5. The molecule has 1 saturated carbocycles. The Morgan fingerprint density at radius 3 is 3.00 bits per heavy atom. The van der Waals surface area contributed by atoms with Gasteiger partial charge in [-0.3, -0.25) is 0 Å². The number of benzene rings is 1. The van der Waals surface area contributed by atoms with Crippen LogP contribution in [-0.4, -0.2) is 18.1 Å². The molecule has 0 bridgehead atoms. The van der Waals surface area contributed by atoms with Crippen LogP contribution in [0.3, 0.4) is 0 Å². The van der Waals surface area contributed by atoms with Crippen molar-refractivity contribution in [1.82, 2.24) is 4.98 Å². The molecule has 0 amide bonds. The van der Waals surface area contributed by atoms with Crippen molar-refractivity contribution in [2.75, 3.05) is 7.11 Å². The minimum atomic E-state index is 0.360. The Morgan fingerprint density at radius 2 is 2.22 bits per heavy atom. The fraction of sp³-hybridized carbons (Fsp3) is 0.467. The lowest BCUT2D eigenvalue weighted by molar-refractivity contribution is 0.394. The molecule has 2 aromatic rings. The van der Waals surface area contributed by atoms with Crippen molar-refractivity contribution in [3.8, 4) is 5.75 Å². The summed E-state index contributed by atoms with van der Waals surface area (Å²) in [6, 6.07) is 6.57. The Balaban J connectivity index is 2.00. The van der Waals surface area contributed by atoms with Gasteiger partial charge in [-0.05, 0) is 48.9 Å². The Kier molecular flexibility index (Phi) is 3.00. The number of aromatic nitrogens is 1. The number of aromatic amines is 1. The molecule has 0 aliphatic heterocycles. The fourth-order valence-electron chi connectivity index (χ4n) is 3.10.